The van der Waals surface area contributed by atoms with Gasteiger partial charge in [0.15, 0.2) is 3.92 Å². The molecule has 0 fully saturated rings. The Labute approximate surface area is 97.9 Å². The number of hydrogen-bond donors (Lipinski definition) is 1. The van der Waals surface area contributed by atoms with Crippen LogP contribution >= 0.6 is 33.9 Å². The molecule has 3 nitrogen and oxygen atoms in total. The Morgan fingerprint density at radius 2 is 2.21 bits per heavy atom. The van der Waals surface area contributed by atoms with E-state index in [2.05, 4.69) is 4.98 Å². The van der Waals surface area contributed by atoms with E-state index >= 15 is 0 Å². The SMILES string of the molecule is O=C(O)C(I)c1nc2ccccc2s1. The molecule has 2 aromatic rings. The monoisotopic (exact) mass is 319 g/mol. The summed E-state index contributed by atoms with van der Waals surface area (Å²) in [5, 5.41) is 9.47. The molecule has 0 spiro atoms. The van der Waals surface area contributed by atoms with Gasteiger partial charge in [0, 0.05) is 0 Å². The standard InChI is InChI=1S/C9H6INO2S/c10-7(9(12)13)8-11-5-3-1-2-4-6(5)14-8/h1-4,7H,(H,12,13). The van der Waals surface area contributed by atoms with Crippen LogP contribution in [0.2, 0.25) is 0 Å². The van der Waals surface area contributed by atoms with Crippen LogP contribution in [0.4, 0.5) is 0 Å². The lowest BCUT2D eigenvalue weighted by atomic mass is 10.3. The molecule has 0 aliphatic heterocycles. The normalized spacial score (nSPS) is 12.9. The van der Waals surface area contributed by atoms with Crippen LogP contribution in [0.3, 0.4) is 0 Å². The summed E-state index contributed by atoms with van der Waals surface area (Å²) >= 11 is 3.31. The van der Waals surface area contributed by atoms with Gasteiger partial charge in [-0.15, -0.1) is 11.3 Å². The maximum absolute atomic E-state index is 10.7. The van der Waals surface area contributed by atoms with Crippen molar-refractivity contribution < 1.29 is 9.90 Å². The summed E-state index contributed by atoms with van der Waals surface area (Å²) in [7, 11) is 0. The second-order valence-corrected chi connectivity index (χ2v) is 5.03. The van der Waals surface area contributed by atoms with Gasteiger partial charge in [0.25, 0.3) is 0 Å². The van der Waals surface area contributed by atoms with Gasteiger partial charge < -0.3 is 5.11 Å². The molecule has 1 aromatic carbocycles. The highest BCUT2D eigenvalue weighted by molar-refractivity contribution is 14.1. The summed E-state index contributed by atoms with van der Waals surface area (Å²) in [5.41, 5.74) is 0.871. The zero-order chi connectivity index (χ0) is 10.1. The van der Waals surface area contributed by atoms with E-state index in [9.17, 15) is 4.79 Å². The van der Waals surface area contributed by atoms with E-state index in [1.54, 1.807) is 0 Å². The molecular formula is C9H6INO2S. The summed E-state index contributed by atoms with van der Waals surface area (Å²) in [6, 6.07) is 7.66. The van der Waals surface area contributed by atoms with Crippen molar-refractivity contribution in [3.63, 3.8) is 0 Å². The van der Waals surface area contributed by atoms with Crippen molar-refractivity contribution in [2.75, 3.05) is 0 Å². The van der Waals surface area contributed by atoms with Gasteiger partial charge >= 0.3 is 5.97 Å². The first kappa shape index (κ1) is 9.85. The fraction of sp³-hybridized carbons (Fsp3) is 0.111. The molecule has 0 radical (unpaired) electrons. The third-order valence-corrected chi connectivity index (χ3v) is 4.39. The molecule has 0 saturated heterocycles. The largest absolute Gasteiger partial charge is 0.480 e. The highest BCUT2D eigenvalue weighted by atomic mass is 127. The Hall–Kier alpha value is -0.690. The molecule has 1 N–H and O–H groups in total. The van der Waals surface area contributed by atoms with E-state index in [1.807, 2.05) is 46.9 Å². The molecule has 1 heterocycles. The average molecular weight is 319 g/mol. The second-order valence-electron chi connectivity index (χ2n) is 2.72. The number of carboxylic acid groups (broad SMARTS) is 1. The Morgan fingerprint density at radius 1 is 1.50 bits per heavy atom. The van der Waals surface area contributed by atoms with Crippen LogP contribution in [0, 0.1) is 0 Å². The summed E-state index contributed by atoms with van der Waals surface area (Å²) in [4.78, 5) is 15.0. The van der Waals surface area contributed by atoms with Gasteiger partial charge in [-0.1, -0.05) is 34.7 Å². The van der Waals surface area contributed by atoms with Crippen LogP contribution in [0.15, 0.2) is 24.3 Å². The zero-order valence-corrected chi connectivity index (χ0v) is 9.95. The Balaban J connectivity index is 2.50. The number of alkyl halides is 1. The number of rotatable bonds is 2. The minimum absolute atomic E-state index is 0.551. The van der Waals surface area contributed by atoms with E-state index in [0.717, 1.165) is 10.2 Å². The van der Waals surface area contributed by atoms with Crippen molar-refractivity contribution in [2.24, 2.45) is 0 Å². The fourth-order valence-electron chi connectivity index (χ4n) is 1.10. The minimum atomic E-state index is -0.843. The number of carbonyl (C=O) groups is 1. The van der Waals surface area contributed by atoms with Gasteiger partial charge in [-0.2, -0.15) is 0 Å². The van der Waals surface area contributed by atoms with E-state index in [1.165, 1.54) is 11.3 Å². The van der Waals surface area contributed by atoms with Gasteiger partial charge in [-0.25, -0.2) is 4.98 Å². The topological polar surface area (TPSA) is 50.2 Å². The lowest BCUT2D eigenvalue weighted by Gasteiger charge is -1.96. The number of aliphatic carboxylic acids is 1. The van der Waals surface area contributed by atoms with Crippen LogP contribution in [0.5, 0.6) is 0 Å². The first-order valence-corrected chi connectivity index (χ1v) is 5.97. The summed E-state index contributed by atoms with van der Waals surface area (Å²) in [6.45, 7) is 0. The summed E-state index contributed by atoms with van der Waals surface area (Å²) in [6.07, 6.45) is 0. The van der Waals surface area contributed by atoms with Crippen LogP contribution in [-0.2, 0) is 4.79 Å². The van der Waals surface area contributed by atoms with Crippen molar-refractivity contribution in [3.8, 4) is 0 Å². The third kappa shape index (κ3) is 1.74. The van der Waals surface area contributed by atoms with Gasteiger partial charge in [0.2, 0.25) is 0 Å². The van der Waals surface area contributed by atoms with E-state index in [4.69, 9.17) is 5.11 Å². The van der Waals surface area contributed by atoms with Crippen molar-refractivity contribution in [2.45, 2.75) is 3.92 Å². The molecule has 0 saturated carbocycles. The number of halogens is 1. The third-order valence-electron chi connectivity index (χ3n) is 1.74. The zero-order valence-electron chi connectivity index (χ0n) is 6.98. The lowest BCUT2D eigenvalue weighted by Crippen LogP contribution is -2.03. The molecule has 0 bridgehead atoms. The molecular weight excluding hydrogens is 313 g/mol. The smallest absolute Gasteiger partial charge is 0.323 e. The number of para-hydroxylation sites is 1. The maximum Gasteiger partial charge on any atom is 0.323 e. The van der Waals surface area contributed by atoms with Crippen molar-refractivity contribution >= 4 is 50.1 Å². The molecule has 14 heavy (non-hydrogen) atoms. The van der Waals surface area contributed by atoms with Crippen LogP contribution in [-0.4, -0.2) is 16.1 Å². The first-order valence-electron chi connectivity index (χ1n) is 3.91. The number of carboxylic acids is 1. The molecule has 0 aliphatic rings. The highest BCUT2D eigenvalue weighted by Crippen LogP contribution is 2.31. The molecule has 72 valence electrons. The molecule has 1 unspecified atom stereocenters. The molecule has 0 amide bonds. The Bertz CT molecular complexity index is 449. The molecule has 5 heteroatoms. The number of hydrogen-bond acceptors (Lipinski definition) is 3. The maximum atomic E-state index is 10.7. The first-order chi connectivity index (χ1) is 6.68. The van der Waals surface area contributed by atoms with Crippen molar-refractivity contribution in [3.05, 3.63) is 29.3 Å². The van der Waals surface area contributed by atoms with Crippen molar-refractivity contribution in [1.29, 1.82) is 0 Å². The van der Waals surface area contributed by atoms with Crippen molar-refractivity contribution in [1.82, 2.24) is 4.98 Å². The minimum Gasteiger partial charge on any atom is -0.480 e. The predicted molar refractivity (Wildman–Crippen MR) is 64.0 cm³/mol. The van der Waals surface area contributed by atoms with Gasteiger partial charge in [-0.3, -0.25) is 4.79 Å². The summed E-state index contributed by atoms with van der Waals surface area (Å²) in [5.74, 6) is -0.843. The number of thiazole rings is 1. The van der Waals surface area contributed by atoms with E-state index < -0.39 is 9.89 Å². The van der Waals surface area contributed by atoms with Crippen LogP contribution < -0.4 is 0 Å². The molecule has 0 aliphatic carbocycles. The number of benzene rings is 1. The fourth-order valence-corrected chi connectivity index (χ4v) is 2.56. The van der Waals surface area contributed by atoms with E-state index in [-0.39, 0.29) is 0 Å². The second kappa shape index (κ2) is 3.82. The van der Waals surface area contributed by atoms with Gasteiger partial charge in [0.05, 0.1) is 10.2 Å². The molecule has 1 atom stereocenters. The van der Waals surface area contributed by atoms with Crippen LogP contribution in [0.25, 0.3) is 10.2 Å². The molecule has 2 rings (SSSR count). The van der Waals surface area contributed by atoms with Gasteiger partial charge in [0.1, 0.15) is 5.01 Å². The summed E-state index contributed by atoms with van der Waals surface area (Å²) < 4.78 is 0.482. The van der Waals surface area contributed by atoms with Gasteiger partial charge in [-0.05, 0) is 12.1 Å². The Morgan fingerprint density at radius 3 is 2.86 bits per heavy atom. The predicted octanol–water partition coefficient (Wildman–Crippen LogP) is 2.86. The van der Waals surface area contributed by atoms with E-state index in [0.29, 0.717) is 5.01 Å². The molecule has 1 aromatic heterocycles. The Kier molecular flexibility index (Phi) is 2.69. The number of aromatic nitrogens is 1. The highest BCUT2D eigenvalue weighted by Gasteiger charge is 2.19. The number of nitrogens with zero attached hydrogens (tertiary/aromatic N) is 1. The lowest BCUT2D eigenvalue weighted by molar-refractivity contribution is -0.136. The van der Waals surface area contributed by atoms with Crippen LogP contribution in [0.1, 0.15) is 8.93 Å². The average Bonchev–Trinajstić information content (AvgIpc) is 2.59. The quantitative estimate of drug-likeness (QED) is 0.684. The number of fused-ring (bicyclic) bond motifs is 1.